The quantitative estimate of drug-likeness (QED) is 0.705. The lowest BCUT2D eigenvalue weighted by Gasteiger charge is -2.03. The summed E-state index contributed by atoms with van der Waals surface area (Å²) in [5.74, 6) is 1.21. The summed E-state index contributed by atoms with van der Waals surface area (Å²) in [5.41, 5.74) is -0.385. The van der Waals surface area contributed by atoms with Gasteiger partial charge in [0.25, 0.3) is 5.88 Å². The molecule has 0 aliphatic heterocycles. The number of methoxy groups -OCH3 is 1. The molecule has 4 heteroatoms. The van der Waals surface area contributed by atoms with Gasteiger partial charge in [0.05, 0.1) is 12.5 Å². The first-order chi connectivity index (χ1) is 6.19. The fourth-order valence-corrected chi connectivity index (χ4v) is 1.48. The van der Waals surface area contributed by atoms with Gasteiger partial charge in [-0.25, -0.2) is 0 Å². The standard InChI is InChI=1S/C9H11NO3/c1-6(11)9(3-4-9)7-5-8(12-2)10-13-7/h5H,3-4H2,1-2H3. The zero-order valence-corrected chi connectivity index (χ0v) is 7.66. The molecule has 2 rings (SSSR count). The molecule has 13 heavy (non-hydrogen) atoms. The van der Waals surface area contributed by atoms with Crippen LogP contribution in [0.4, 0.5) is 0 Å². The molecule has 1 fully saturated rings. The van der Waals surface area contributed by atoms with Crippen LogP contribution in [-0.2, 0) is 10.2 Å². The van der Waals surface area contributed by atoms with Crippen LogP contribution in [0.25, 0.3) is 0 Å². The van der Waals surface area contributed by atoms with Gasteiger partial charge in [-0.2, -0.15) is 0 Å². The Hall–Kier alpha value is -1.32. The van der Waals surface area contributed by atoms with Crippen molar-refractivity contribution in [2.24, 2.45) is 0 Å². The van der Waals surface area contributed by atoms with Crippen molar-refractivity contribution >= 4 is 5.78 Å². The van der Waals surface area contributed by atoms with Crippen LogP contribution in [0.1, 0.15) is 25.5 Å². The number of Topliss-reactive ketones (excluding diaryl/α,β-unsaturated/α-hetero) is 1. The number of ether oxygens (including phenoxy) is 1. The minimum absolute atomic E-state index is 0.145. The second-order valence-corrected chi connectivity index (χ2v) is 3.37. The Balaban J connectivity index is 2.30. The third kappa shape index (κ3) is 1.13. The predicted octanol–water partition coefficient (Wildman–Crippen LogP) is 1.30. The maximum atomic E-state index is 11.3. The normalized spacial score (nSPS) is 18.3. The summed E-state index contributed by atoms with van der Waals surface area (Å²) in [6.07, 6.45) is 1.72. The SMILES string of the molecule is COc1cc(C2(C(C)=O)CC2)on1. The van der Waals surface area contributed by atoms with Crippen molar-refractivity contribution in [1.29, 1.82) is 0 Å². The molecule has 4 nitrogen and oxygen atoms in total. The molecule has 70 valence electrons. The van der Waals surface area contributed by atoms with Crippen molar-refractivity contribution in [3.05, 3.63) is 11.8 Å². The van der Waals surface area contributed by atoms with E-state index in [0.29, 0.717) is 11.6 Å². The number of ketones is 1. The molecule has 1 heterocycles. The maximum Gasteiger partial charge on any atom is 0.254 e. The summed E-state index contributed by atoms with van der Waals surface area (Å²) in [5, 5.41) is 3.67. The van der Waals surface area contributed by atoms with Gasteiger partial charge >= 0.3 is 0 Å². The summed E-state index contributed by atoms with van der Waals surface area (Å²) in [6, 6.07) is 1.69. The number of hydrogen-bond donors (Lipinski definition) is 0. The van der Waals surface area contributed by atoms with E-state index in [1.807, 2.05) is 0 Å². The first kappa shape index (κ1) is 8.29. The van der Waals surface area contributed by atoms with Gasteiger partial charge in [-0.15, -0.1) is 0 Å². The topological polar surface area (TPSA) is 52.3 Å². The molecule has 0 unspecified atom stereocenters. The van der Waals surface area contributed by atoms with Crippen LogP contribution in [0.3, 0.4) is 0 Å². The van der Waals surface area contributed by atoms with Crippen molar-refractivity contribution in [1.82, 2.24) is 5.16 Å². The lowest BCUT2D eigenvalue weighted by atomic mass is 9.99. The van der Waals surface area contributed by atoms with Gasteiger partial charge < -0.3 is 9.26 Å². The monoisotopic (exact) mass is 181 g/mol. The summed E-state index contributed by atoms with van der Waals surface area (Å²) in [6.45, 7) is 1.59. The Bertz CT molecular complexity index is 338. The highest BCUT2D eigenvalue weighted by Gasteiger charge is 2.52. The average Bonchev–Trinajstić information content (AvgIpc) is 2.79. The molecule has 1 aromatic heterocycles. The minimum Gasteiger partial charge on any atom is -0.479 e. The first-order valence-corrected chi connectivity index (χ1v) is 4.21. The molecule has 1 aliphatic rings. The fraction of sp³-hybridized carbons (Fsp3) is 0.556. The molecule has 1 aromatic rings. The molecule has 1 aliphatic carbocycles. The molecule has 0 atom stereocenters. The van der Waals surface area contributed by atoms with Crippen molar-refractivity contribution in [3.8, 4) is 5.88 Å². The number of carbonyl (C=O) groups excluding carboxylic acids is 1. The molecule has 0 spiro atoms. The smallest absolute Gasteiger partial charge is 0.254 e. The Morgan fingerprint density at radius 3 is 2.77 bits per heavy atom. The molecule has 0 bridgehead atoms. The Kier molecular flexibility index (Phi) is 1.65. The molecule has 0 radical (unpaired) electrons. The van der Waals surface area contributed by atoms with Crippen LogP contribution in [0.5, 0.6) is 5.88 Å². The minimum atomic E-state index is -0.385. The van der Waals surface area contributed by atoms with Crippen LogP contribution in [-0.4, -0.2) is 18.0 Å². The molecule has 0 saturated heterocycles. The van der Waals surface area contributed by atoms with E-state index in [0.717, 1.165) is 12.8 Å². The fourth-order valence-electron chi connectivity index (χ4n) is 1.48. The summed E-state index contributed by atoms with van der Waals surface area (Å²) in [7, 11) is 1.52. The van der Waals surface area contributed by atoms with Gasteiger partial charge in [0.1, 0.15) is 5.78 Å². The van der Waals surface area contributed by atoms with Crippen molar-refractivity contribution in [2.75, 3.05) is 7.11 Å². The number of carbonyl (C=O) groups is 1. The van der Waals surface area contributed by atoms with E-state index in [1.165, 1.54) is 7.11 Å². The lowest BCUT2D eigenvalue weighted by Crippen LogP contribution is -2.15. The number of nitrogens with zero attached hydrogens (tertiary/aromatic N) is 1. The van der Waals surface area contributed by atoms with Gasteiger partial charge in [-0.05, 0) is 24.9 Å². The highest BCUT2D eigenvalue weighted by molar-refractivity contribution is 5.90. The van der Waals surface area contributed by atoms with Crippen LogP contribution in [0, 0.1) is 0 Å². The van der Waals surface area contributed by atoms with Crippen LogP contribution < -0.4 is 4.74 Å². The number of rotatable bonds is 3. The van der Waals surface area contributed by atoms with Gasteiger partial charge in [0.15, 0.2) is 5.76 Å². The van der Waals surface area contributed by atoms with E-state index in [2.05, 4.69) is 5.16 Å². The van der Waals surface area contributed by atoms with Crippen molar-refractivity contribution in [3.63, 3.8) is 0 Å². The zero-order valence-electron chi connectivity index (χ0n) is 7.66. The second-order valence-electron chi connectivity index (χ2n) is 3.37. The maximum absolute atomic E-state index is 11.3. The van der Waals surface area contributed by atoms with E-state index in [1.54, 1.807) is 13.0 Å². The molecule has 0 aromatic carbocycles. The third-order valence-electron chi connectivity index (χ3n) is 2.59. The van der Waals surface area contributed by atoms with E-state index in [4.69, 9.17) is 9.26 Å². The van der Waals surface area contributed by atoms with Crippen LogP contribution >= 0.6 is 0 Å². The van der Waals surface area contributed by atoms with Crippen LogP contribution in [0.15, 0.2) is 10.6 Å². The molecule has 0 N–H and O–H groups in total. The molecular formula is C9H11NO3. The first-order valence-electron chi connectivity index (χ1n) is 4.21. The Morgan fingerprint density at radius 2 is 2.38 bits per heavy atom. The summed E-state index contributed by atoms with van der Waals surface area (Å²) < 4.78 is 9.93. The molecule has 0 amide bonds. The largest absolute Gasteiger partial charge is 0.479 e. The van der Waals surface area contributed by atoms with Crippen molar-refractivity contribution < 1.29 is 14.1 Å². The van der Waals surface area contributed by atoms with E-state index in [9.17, 15) is 4.79 Å². The van der Waals surface area contributed by atoms with Gasteiger partial charge in [-0.3, -0.25) is 4.79 Å². The Morgan fingerprint density at radius 1 is 1.69 bits per heavy atom. The number of hydrogen-bond acceptors (Lipinski definition) is 4. The number of aromatic nitrogens is 1. The Labute approximate surface area is 75.9 Å². The van der Waals surface area contributed by atoms with Gasteiger partial charge in [0.2, 0.25) is 0 Å². The highest BCUT2D eigenvalue weighted by Crippen LogP contribution is 2.49. The van der Waals surface area contributed by atoms with Gasteiger partial charge in [-0.1, -0.05) is 0 Å². The highest BCUT2D eigenvalue weighted by atomic mass is 16.5. The van der Waals surface area contributed by atoms with E-state index in [-0.39, 0.29) is 11.2 Å². The van der Waals surface area contributed by atoms with Gasteiger partial charge in [0, 0.05) is 6.07 Å². The zero-order chi connectivity index (χ0) is 9.47. The molecule has 1 saturated carbocycles. The summed E-state index contributed by atoms with van der Waals surface area (Å²) >= 11 is 0. The van der Waals surface area contributed by atoms with Crippen LogP contribution in [0.2, 0.25) is 0 Å². The van der Waals surface area contributed by atoms with E-state index >= 15 is 0 Å². The molecular weight excluding hydrogens is 170 g/mol. The summed E-state index contributed by atoms with van der Waals surface area (Å²) in [4.78, 5) is 11.3. The average molecular weight is 181 g/mol. The van der Waals surface area contributed by atoms with Crippen molar-refractivity contribution in [2.45, 2.75) is 25.2 Å². The third-order valence-corrected chi connectivity index (χ3v) is 2.59. The van der Waals surface area contributed by atoms with E-state index < -0.39 is 0 Å². The predicted molar refractivity (Wildman–Crippen MR) is 44.6 cm³/mol. The second kappa shape index (κ2) is 2.58. The lowest BCUT2D eigenvalue weighted by molar-refractivity contribution is -0.119.